The lowest BCUT2D eigenvalue weighted by Gasteiger charge is -2.38. The highest BCUT2D eigenvalue weighted by Crippen LogP contribution is 2.61. The van der Waals surface area contributed by atoms with Gasteiger partial charge in [0.2, 0.25) is 11.8 Å². The summed E-state index contributed by atoms with van der Waals surface area (Å²) in [6.45, 7) is 10.7. The zero-order chi connectivity index (χ0) is 35.6. The fourth-order valence-electron chi connectivity index (χ4n) is 7.56. The van der Waals surface area contributed by atoms with Crippen molar-refractivity contribution in [2.45, 2.75) is 73.9 Å². The molecule has 5 rings (SSSR count). The van der Waals surface area contributed by atoms with Gasteiger partial charge in [-0.05, 0) is 44.4 Å². The van der Waals surface area contributed by atoms with E-state index in [-0.39, 0.29) is 30.1 Å². The number of likely N-dealkylation sites (N-methyl/N-ethyl adjacent to an activating group) is 1. The van der Waals surface area contributed by atoms with E-state index < -0.39 is 72.2 Å². The van der Waals surface area contributed by atoms with E-state index in [2.05, 4.69) is 29.1 Å². The van der Waals surface area contributed by atoms with Crippen LogP contribution in [0.3, 0.4) is 0 Å². The van der Waals surface area contributed by atoms with Crippen molar-refractivity contribution in [3.8, 4) is 0 Å². The Bertz CT molecular complexity index is 1590. The SMILES string of the molecule is C=CCCC(=O)N(C)[C@H](C)[C@H](OC(=O)[C@@H]1[C@H]2O[C@@]3(CC2Br)[C@H](C(=O)N(CC=C)c2ccccc2Cl)N([C@H](C)CO)C(=O)[C@@H]13)c1ccccc1. The molecule has 1 N–H and O–H groups in total. The number of fused-ring (bicyclic) bond motifs is 1. The van der Waals surface area contributed by atoms with Crippen LogP contribution in [0.1, 0.15) is 44.8 Å². The Labute approximate surface area is 300 Å². The molecule has 3 fully saturated rings. The maximum absolute atomic E-state index is 14.7. The fraction of sp³-hybridized carbons (Fsp3) is 0.459. The number of allylic oxidation sites excluding steroid dienone is 1. The number of anilines is 1. The van der Waals surface area contributed by atoms with Crippen molar-refractivity contribution in [3.05, 3.63) is 90.5 Å². The van der Waals surface area contributed by atoms with E-state index in [4.69, 9.17) is 21.1 Å². The van der Waals surface area contributed by atoms with Crippen molar-refractivity contribution in [1.29, 1.82) is 0 Å². The third-order valence-corrected chi connectivity index (χ3v) is 11.2. The van der Waals surface area contributed by atoms with Crippen molar-refractivity contribution >= 4 is 56.9 Å². The average molecular weight is 757 g/mol. The predicted molar refractivity (Wildman–Crippen MR) is 190 cm³/mol. The first-order valence-corrected chi connectivity index (χ1v) is 17.8. The topological polar surface area (TPSA) is 117 Å². The molecule has 3 saturated heterocycles. The molecule has 2 bridgehead atoms. The molecule has 12 heteroatoms. The Kier molecular flexibility index (Phi) is 11.4. The number of aliphatic hydroxyl groups is 1. The second kappa shape index (κ2) is 15.2. The molecule has 0 aliphatic carbocycles. The monoisotopic (exact) mass is 755 g/mol. The van der Waals surface area contributed by atoms with E-state index in [1.807, 2.05) is 37.3 Å². The number of carbonyl (C=O) groups is 4. The minimum atomic E-state index is -1.40. The van der Waals surface area contributed by atoms with E-state index in [0.717, 1.165) is 0 Å². The molecule has 0 aromatic heterocycles. The van der Waals surface area contributed by atoms with Crippen LogP contribution in [0.4, 0.5) is 5.69 Å². The first-order valence-electron chi connectivity index (χ1n) is 16.5. The summed E-state index contributed by atoms with van der Waals surface area (Å²) in [5.41, 5.74) is -0.281. The molecular formula is C37H43BrClN3O7. The largest absolute Gasteiger partial charge is 0.455 e. The second-order valence-electron chi connectivity index (χ2n) is 13.0. The average Bonchev–Trinajstić information content (AvgIpc) is 3.71. The maximum atomic E-state index is 14.7. The lowest BCUT2D eigenvalue weighted by atomic mass is 9.70. The first-order chi connectivity index (χ1) is 23.4. The van der Waals surface area contributed by atoms with Gasteiger partial charge in [0.25, 0.3) is 5.91 Å². The van der Waals surface area contributed by atoms with Crippen molar-refractivity contribution in [2.24, 2.45) is 11.8 Å². The van der Waals surface area contributed by atoms with Crippen LogP contribution < -0.4 is 4.90 Å². The van der Waals surface area contributed by atoms with Gasteiger partial charge in [0, 0.05) is 24.8 Å². The van der Waals surface area contributed by atoms with Crippen LogP contribution in [0.25, 0.3) is 0 Å². The van der Waals surface area contributed by atoms with Crippen LogP contribution in [0.15, 0.2) is 79.9 Å². The Morgan fingerprint density at radius 1 is 1.14 bits per heavy atom. The fourth-order valence-corrected chi connectivity index (χ4v) is 8.74. The Hall–Kier alpha value is -3.51. The van der Waals surface area contributed by atoms with Gasteiger partial charge in [-0.3, -0.25) is 19.2 Å². The predicted octanol–water partition coefficient (Wildman–Crippen LogP) is 5.09. The van der Waals surface area contributed by atoms with Crippen LogP contribution in [0, 0.1) is 11.8 Å². The Balaban J connectivity index is 1.53. The number of para-hydroxylation sites is 1. The van der Waals surface area contributed by atoms with E-state index >= 15 is 0 Å². The second-order valence-corrected chi connectivity index (χ2v) is 14.6. The molecule has 0 radical (unpaired) electrons. The van der Waals surface area contributed by atoms with E-state index in [9.17, 15) is 24.3 Å². The van der Waals surface area contributed by atoms with Gasteiger partial charge < -0.3 is 29.3 Å². The zero-order valence-corrected chi connectivity index (χ0v) is 30.3. The van der Waals surface area contributed by atoms with Crippen LogP contribution >= 0.6 is 27.5 Å². The van der Waals surface area contributed by atoms with Crippen molar-refractivity contribution in [1.82, 2.24) is 9.80 Å². The van der Waals surface area contributed by atoms with Crippen molar-refractivity contribution in [3.63, 3.8) is 0 Å². The Morgan fingerprint density at radius 3 is 2.45 bits per heavy atom. The summed E-state index contributed by atoms with van der Waals surface area (Å²) in [4.78, 5) is 60.7. The molecule has 1 spiro atoms. The standard InChI is InChI=1S/C37H43BrClN3O7/c1-6-8-18-28(44)40(5)23(4)31(24-14-10-9-11-15-24)48-36(47)29-30-34(45)42(22(3)21-43)33(37(30)20-25(38)32(29)49-37)35(46)41(19-7-2)27-17-13-12-16-26(27)39/h6-7,9-17,22-23,25,29-33,43H,1-2,8,18-21H2,3-5H3/t22-,23-,25?,29+,30-,31+,32+,33+,37-/m1/s1. The molecule has 3 aliphatic rings. The quantitative estimate of drug-likeness (QED) is 0.162. The molecule has 0 saturated carbocycles. The molecule has 2 aromatic carbocycles. The highest BCUT2D eigenvalue weighted by Gasteiger charge is 2.77. The van der Waals surface area contributed by atoms with Gasteiger partial charge in [0.1, 0.15) is 17.7 Å². The molecular weight excluding hydrogens is 714 g/mol. The number of hydrogen-bond donors (Lipinski definition) is 1. The Morgan fingerprint density at radius 2 is 1.82 bits per heavy atom. The third-order valence-electron chi connectivity index (χ3n) is 10.1. The van der Waals surface area contributed by atoms with Gasteiger partial charge in [-0.1, -0.05) is 82.1 Å². The van der Waals surface area contributed by atoms with E-state index in [0.29, 0.717) is 22.7 Å². The van der Waals surface area contributed by atoms with Crippen molar-refractivity contribution in [2.75, 3.05) is 25.1 Å². The number of carbonyl (C=O) groups excluding carboxylic acids is 4. The van der Waals surface area contributed by atoms with Crippen LogP contribution in [-0.2, 0) is 28.7 Å². The molecule has 2 aromatic rings. The van der Waals surface area contributed by atoms with Crippen LogP contribution in [-0.4, -0.2) is 93.5 Å². The van der Waals surface area contributed by atoms with E-state index in [1.54, 1.807) is 55.3 Å². The number of benzene rings is 2. The molecule has 10 nitrogen and oxygen atoms in total. The summed E-state index contributed by atoms with van der Waals surface area (Å²) in [6.07, 6.45) is 2.65. The number of alkyl halides is 1. The molecule has 9 atom stereocenters. The highest BCUT2D eigenvalue weighted by molar-refractivity contribution is 9.09. The minimum Gasteiger partial charge on any atom is -0.455 e. The number of amides is 3. The number of ether oxygens (including phenoxy) is 2. The van der Waals surface area contributed by atoms with Gasteiger partial charge in [0.05, 0.1) is 47.3 Å². The minimum absolute atomic E-state index is 0.0949. The maximum Gasteiger partial charge on any atom is 0.313 e. The van der Waals surface area contributed by atoms with Gasteiger partial charge >= 0.3 is 5.97 Å². The van der Waals surface area contributed by atoms with Crippen LogP contribution in [0.2, 0.25) is 5.02 Å². The molecule has 3 amide bonds. The third kappa shape index (κ3) is 6.58. The summed E-state index contributed by atoms with van der Waals surface area (Å²) in [7, 11) is 1.67. The summed E-state index contributed by atoms with van der Waals surface area (Å²) >= 11 is 10.3. The lowest BCUT2D eigenvalue weighted by molar-refractivity contribution is -0.165. The number of rotatable bonds is 14. The number of aliphatic hydroxyl groups excluding tert-OH is 1. The first kappa shape index (κ1) is 36.8. The lowest BCUT2D eigenvalue weighted by Crippen LogP contribution is -2.58. The van der Waals surface area contributed by atoms with Gasteiger partial charge in [0.15, 0.2) is 0 Å². The van der Waals surface area contributed by atoms with E-state index in [1.165, 1.54) is 9.80 Å². The number of halogens is 2. The van der Waals surface area contributed by atoms with Gasteiger partial charge in [-0.2, -0.15) is 0 Å². The molecule has 49 heavy (non-hydrogen) atoms. The van der Waals surface area contributed by atoms with Gasteiger partial charge in [-0.15, -0.1) is 13.2 Å². The van der Waals surface area contributed by atoms with Gasteiger partial charge in [-0.25, -0.2) is 0 Å². The van der Waals surface area contributed by atoms with Crippen molar-refractivity contribution < 1.29 is 33.8 Å². The number of nitrogens with zero attached hydrogens (tertiary/aromatic N) is 3. The number of hydrogen-bond acceptors (Lipinski definition) is 7. The molecule has 3 heterocycles. The molecule has 1 unspecified atom stereocenters. The molecule has 262 valence electrons. The summed E-state index contributed by atoms with van der Waals surface area (Å²) in [5.74, 6) is -3.85. The summed E-state index contributed by atoms with van der Waals surface area (Å²) in [5, 5.41) is 10.6. The summed E-state index contributed by atoms with van der Waals surface area (Å²) < 4.78 is 13.0. The van der Waals surface area contributed by atoms with Crippen LogP contribution in [0.5, 0.6) is 0 Å². The molecule has 3 aliphatic heterocycles. The smallest absolute Gasteiger partial charge is 0.313 e. The number of esters is 1. The normalized spacial score (nSPS) is 27.2. The zero-order valence-electron chi connectivity index (χ0n) is 27.9. The number of likely N-dealkylation sites (tertiary alicyclic amines) is 1. The highest BCUT2D eigenvalue weighted by atomic mass is 79.9. The summed E-state index contributed by atoms with van der Waals surface area (Å²) in [6, 6.07) is 13.5.